The van der Waals surface area contributed by atoms with E-state index in [-0.39, 0.29) is 27.7 Å². The maximum atomic E-state index is 13.5. The Morgan fingerprint density at radius 2 is 1.07 bits per heavy atom. The van der Waals surface area contributed by atoms with Gasteiger partial charge in [0.25, 0.3) is 0 Å². The molecule has 0 bridgehead atoms. The van der Waals surface area contributed by atoms with E-state index in [9.17, 15) is 10.2 Å². The molecule has 3 aromatic carbocycles. The van der Waals surface area contributed by atoms with Crippen LogP contribution in [0.5, 0.6) is 11.5 Å². The smallest absolute Gasteiger partial charge is 0.0886 e. The molecule has 4 rings (SSSR count). The van der Waals surface area contributed by atoms with Crippen LogP contribution >= 0.6 is 0 Å². The molecule has 0 aliphatic carbocycles. The lowest BCUT2D eigenvalue weighted by Gasteiger charge is -2.31. The minimum Gasteiger partial charge on any atom is -0.872 e. The third-order valence-corrected chi connectivity index (χ3v) is 7.32. The van der Waals surface area contributed by atoms with Crippen LogP contribution in [0, 0.1) is 11.8 Å². The van der Waals surface area contributed by atoms with E-state index in [0.717, 1.165) is 22.3 Å². The van der Waals surface area contributed by atoms with Crippen molar-refractivity contribution < 1.29 is 10.2 Å². The third kappa shape index (κ3) is 7.82. The van der Waals surface area contributed by atoms with Crippen molar-refractivity contribution in [1.29, 1.82) is 0 Å². The van der Waals surface area contributed by atoms with Gasteiger partial charge in [-0.15, -0.1) is 0 Å². The second-order valence-electron chi connectivity index (χ2n) is 14.1. The largest absolute Gasteiger partial charge is 0.872 e. The summed E-state index contributed by atoms with van der Waals surface area (Å²) in [4.78, 5) is 13.4. The van der Waals surface area contributed by atoms with E-state index < -0.39 is 0 Å². The molecule has 0 radical (unpaired) electrons. The number of aromatic nitrogens is 1. The van der Waals surface area contributed by atoms with Gasteiger partial charge in [0.1, 0.15) is 0 Å². The van der Waals surface area contributed by atoms with Gasteiger partial charge in [-0.2, -0.15) is 0 Å². The van der Waals surface area contributed by atoms with Crippen molar-refractivity contribution in [1.82, 2.24) is 4.98 Å². The summed E-state index contributed by atoms with van der Waals surface area (Å²) in [6.07, 6.45) is 6.62. The Balaban J connectivity index is 1.75. The molecule has 0 N–H and O–H groups in total. The highest BCUT2D eigenvalue weighted by Crippen LogP contribution is 2.37. The predicted octanol–water partition coefficient (Wildman–Crippen LogP) is 8.02. The molecule has 5 nitrogen and oxygen atoms in total. The Labute approximate surface area is 262 Å². The summed E-state index contributed by atoms with van der Waals surface area (Å²) in [6.45, 7) is 18.6. The highest BCUT2D eigenvalue weighted by Gasteiger charge is 2.21. The second kappa shape index (κ2) is 12.5. The van der Waals surface area contributed by atoms with Crippen LogP contribution in [-0.2, 0) is 16.2 Å². The van der Waals surface area contributed by atoms with E-state index in [4.69, 9.17) is 9.98 Å². The summed E-state index contributed by atoms with van der Waals surface area (Å²) in [5.41, 5.74) is 5.46. The van der Waals surface area contributed by atoms with Crippen molar-refractivity contribution in [2.75, 3.05) is 0 Å². The van der Waals surface area contributed by atoms with Crippen molar-refractivity contribution >= 4 is 23.8 Å². The Hall–Kier alpha value is -4.69. The molecule has 0 fully saturated rings. The van der Waals surface area contributed by atoms with Gasteiger partial charge < -0.3 is 10.2 Å². The average molecular weight is 584 g/mol. The molecule has 0 saturated carbocycles. The molecule has 5 heteroatoms. The molecule has 4 aromatic rings. The van der Waals surface area contributed by atoms with Crippen LogP contribution in [0.4, 0.5) is 11.4 Å². The molecule has 1 heterocycles. The van der Waals surface area contributed by atoms with Gasteiger partial charge in [-0.25, -0.2) is 0 Å². The molecule has 0 aliphatic rings. The van der Waals surface area contributed by atoms with Gasteiger partial charge in [0, 0.05) is 35.9 Å². The number of hydrogen-bond acceptors (Lipinski definition) is 5. The van der Waals surface area contributed by atoms with E-state index in [1.807, 2.05) is 75.4 Å². The van der Waals surface area contributed by atoms with Crippen LogP contribution in [0.25, 0.3) is 0 Å². The van der Waals surface area contributed by atoms with Crippen LogP contribution in [-0.4, -0.2) is 17.4 Å². The summed E-state index contributed by atoms with van der Waals surface area (Å²) >= 11 is 0. The minimum absolute atomic E-state index is 0.0226. The normalized spacial score (nSPS) is 12.5. The van der Waals surface area contributed by atoms with Gasteiger partial charge in [-0.3, -0.25) is 15.0 Å². The van der Waals surface area contributed by atoms with Crippen LogP contribution in [0.2, 0.25) is 0 Å². The van der Waals surface area contributed by atoms with Crippen LogP contribution in [0.3, 0.4) is 0 Å². The fourth-order valence-corrected chi connectivity index (χ4v) is 4.65. The zero-order chi connectivity index (χ0) is 32.3. The highest BCUT2D eigenvalue weighted by molar-refractivity contribution is 5.90. The van der Waals surface area contributed by atoms with Crippen LogP contribution in [0.15, 0.2) is 83.0 Å². The molecule has 0 saturated heterocycles. The lowest BCUT2D eigenvalue weighted by atomic mass is 9.79. The zero-order valence-corrected chi connectivity index (χ0v) is 27.2. The van der Waals surface area contributed by atoms with Gasteiger partial charge in [0.2, 0.25) is 0 Å². The van der Waals surface area contributed by atoms with Crippen molar-refractivity contribution in [3.8, 4) is 23.3 Å². The van der Waals surface area contributed by atoms with Crippen molar-refractivity contribution in [2.24, 2.45) is 9.98 Å². The number of para-hydroxylation sites is 2. The topological polar surface area (TPSA) is 83.7 Å². The van der Waals surface area contributed by atoms with E-state index >= 15 is 0 Å². The Morgan fingerprint density at radius 3 is 1.57 bits per heavy atom. The standard InChI is InChI=1S/C39H43N3O2/c1-37(2,3)30-22-29(36(44)32(23-30)39(7,8)9)25-42-34-13-11-10-12-33(34)41-24-28-20-27(15-14-26-16-18-40-19-17-26)21-31(35(28)43)38(4,5)6/h10-13,16-25,43-44H,1-9H3/p-2. The predicted molar refractivity (Wildman–Crippen MR) is 179 cm³/mol. The number of aliphatic imine (C=N–C) groups is 2. The van der Waals surface area contributed by atoms with Crippen molar-refractivity contribution in [2.45, 2.75) is 78.6 Å². The van der Waals surface area contributed by atoms with Crippen molar-refractivity contribution in [3.63, 3.8) is 0 Å². The highest BCUT2D eigenvalue weighted by atomic mass is 16.3. The molecule has 44 heavy (non-hydrogen) atoms. The molecule has 1 aromatic heterocycles. The summed E-state index contributed by atoms with van der Waals surface area (Å²) in [6, 6.07) is 18.7. The molecule has 226 valence electrons. The molecule has 0 amide bonds. The lowest BCUT2D eigenvalue weighted by molar-refractivity contribution is -0.270. The van der Waals surface area contributed by atoms with Gasteiger partial charge >= 0.3 is 0 Å². The number of pyridine rings is 1. The van der Waals surface area contributed by atoms with Gasteiger partial charge in [-0.05, 0) is 80.5 Å². The van der Waals surface area contributed by atoms with Gasteiger partial charge in [-0.1, -0.05) is 110 Å². The Morgan fingerprint density at radius 1 is 0.591 bits per heavy atom. The second-order valence-corrected chi connectivity index (χ2v) is 14.1. The van der Waals surface area contributed by atoms with E-state index in [2.05, 4.69) is 58.4 Å². The lowest BCUT2D eigenvalue weighted by Crippen LogP contribution is -2.20. The molecular formula is C39H41N3O2-2. The SMILES string of the molecule is CC(C)(C)c1cc(C=Nc2ccccc2N=Cc2cc(C#Cc3ccncc3)cc(C(C)(C)C)c2[O-])c([O-])c(C(C)(C)C)c1. The average Bonchev–Trinajstić information content (AvgIpc) is 2.94. The maximum absolute atomic E-state index is 13.5. The minimum atomic E-state index is -0.375. The molecule has 0 aliphatic heterocycles. The summed E-state index contributed by atoms with van der Waals surface area (Å²) < 4.78 is 0. The summed E-state index contributed by atoms with van der Waals surface area (Å²) in [5.74, 6) is 6.24. The van der Waals surface area contributed by atoms with Crippen LogP contribution in [0.1, 0.15) is 101 Å². The van der Waals surface area contributed by atoms with Gasteiger partial charge in [0.05, 0.1) is 11.4 Å². The molecular weight excluding hydrogens is 542 g/mol. The zero-order valence-electron chi connectivity index (χ0n) is 27.2. The maximum Gasteiger partial charge on any atom is 0.0886 e. The number of rotatable bonds is 4. The Bertz CT molecular complexity index is 1770. The summed E-state index contributed by atoms with van der Waals surface area (Å²) in [7, 11) is 0. The van der Waals surface area contributed by atoms with E-state index in [1.165, 1.54) is 0 Å². The van der Waals surface area contributed by atoms with E-state index in [1.54, 1.807) is 30.9 Å². The fourth-order valence-electron chi connectivity index (χ4n) is 4.65. The quantitative estimate of drug-likeness (QED) is 0.180. The first kappa shape index (κ1) is 32.2. The molecule has 0 unspecified atom stereocenters. The first-order chi connectivity index (χ1) is 20.5. The van der Waals surface area contributed by atoms with Crippen LogP contribution < -0.4 is 10.2 Å². The van der Waals surface area contributed by atoms with Crippen molar-refractivity contribution in [3.05, 3.63) is 112 Å². The van der Waals surface area contributed by atoms with E-state index in [0.29, 0.717) is 28.1 Å². The number of nitrogens with zero attached hydrogens (tertiary/aromatic N) is 3. The first-order valence-electron chi connectivity index (χ1n) is 14.8. The third-order valence-electron chi connectivity index (χ3n) is 7.32. The monoisotopic (exact) mass is 583 g/mol. The Kier molecular flexibility index (Phi) is 9.16. The fraction of sp³-hybridized carbons (Fsp3) is 0.308. The summed E-state index contributed by atoms with van der Waals surface area (Å²) in [5, 5.41) is 27.0. The first-order valence-corrected chi connectivity index (χ1v) is 14.8. The molecule has 0 spiro atoms. The number of benzene rings is 3. The molecule has 0 atom stereocenters. The number of hydrogen-bond donors (Lipinski definition) is 0. The van der Waals surface area contributed by atoms with Gasteiger partial charge in [0.15, 0.2) is 0 Å².